The van der Waals surface area contributed by atoms with Crippen LogP contribution in [-0.2, 0) is 10.0 Å². The smallest absolute Gasteiger partial charge is 0.212 e. The largest absolute Gasteiger partial charge is 0.317 e. The van der Waals surface area contributed by atoms with E-state index in [1.54, 1.807) is 0 Å². The molecule has 2 N–H and O–H groups in total. The molecule has 92 valence electrons. The van der Waals surface area contributed by atoms with Gasteiger partial charge in [0.15, 0.2) is 0 Å². The van der Waals surface area contributed by atoms with E-state index in [2.05, 4.69) is 10.0 Å². The predicted octanol–water partition coefficient (Wildman–Crippen LogP) is 0.458. The highest BCUT2D eigenvalue weighted by Crippen LogP contribution is 2.53. The molecule has 2 aliphatic carbocycles. The molecule has 0 amide bonds. The Labute approximate surface area is 97.2 Å². The van der Waals surface area contributed by atoms with Crippen LogP contribution >= 0.6 is 0 Å². The molecule has 1 heterocycles. The van der Waals surface area contributed by atoms with Gasteiger partial charge in [-0.3, -0.25) is 0 Å². The third-order valence-corrected chi connectivity index (χ3v) is 5.82. The molecule has 1 unspecified atom stereocenters. The van der Waals surface area contributed by atoms with Gasteiger partial charge in [-0.1, -0.05) is 0 Å². The van der Waals surface area contributed by atoms with Crippen LogP contribution in [0, 0.1) is 11.3 Å². The summed E-state index contributed by atoms with van der Waals surface area (Å²) in [6, 6.07) is 0.235. The third kappa shape index (κ3) is 2.26. The number of sulfonamides is 1. The lowest BCUT2D eigenvalue weighted by molar-refractivity contribution is 0.337. The van der Waals surface area contributed by atoms with Crippen LogP contribution in [0.1, 0.15) is 32.1 Å². The number of nitrogens with one attached hydrogen (secondary N) is 2. The van der Waals surface area contributed by atoms with Gasteiger partial charge >= 0.3 is 0 Å². The van der Waals surface area contributed by atoms with Gasteiger partial charge in [-0.2, -0.15) is 0 Å². The molecule has 0 aromatic heterocycles. The van der Waals surface area contributed by atoms with E-state index in [1.165, 1.54) is 0 Å². The summed E-state index contributed by atoms with van der Waals surface area (Å²) in [6.45, 7) is 2.09. The molecule has 4 nitrogen and oxygen atoms in total. The lowest BCUT2D eigenvalue weighted by Crippen LogP contribution is -2.37. The molecular formula is C11H20N2O2S. The molecule has 1 aliphatic heterocycles. The molecule has 0 radical (unpaired) electrons. The van der Waals surface area contributed by atoms with Crippen molar-refractivity contribution in [2.75, 3.05) is 18.8 Å². The number of hydrogen-bond acceptors (Lipinski definition) is 3. The van der Waals surface area contributed by atoms with Crippen LogP contribution in [0.2, 0.25) is 0 Å². The third-order valence-electron chi connectivity index (χ3n) is 4.26. The summed E-state index contributed by atoms with van der Waals surface area (Å²) in [4.78, 5) is 0. The Morgan fingerprint density at radius 1 is 1.25 bits per heavy atom. The second-order valence-electron chi connectivity index (χ2n) is 5.71. The minimum Gasteiger partial charge on any atom is -0.317 e. The van der Waals surface area contributed by atoms with Crippen molar-refractivity contribution >= 4 is 10.0 Å². The van der Waals surface area contributed by atoms with E-state index in [4.69, 9.17) is 0 Å². The Hall–Kier alpha value is -0.130. The average molecular weight is 244 g/mol. The summed E-state index contributed by atoms with van der Waals surface area (Å²) >= 11 is 0. The van der Waals surface area contributed by atoms with Crippen LogP contribution in [0.5, 0.6) is 0 Å². The van der Waals surface area contributed by atoms with Crippen molar-refractivity contribution in [1.82, 2.24) is 10.0 Å². The summed E-state index contributed by atoms with van der Waals surface area (Å²) < 4.78 is 26.6. The Morgan fingerprint density at radius 2 is 1.94 bits per heavy atom. The molecule has 1 atom stereocenters. The normalized spacial score (nSPS) is 32.9. The van der Waals surface area contributed by atoms with E-state index in [0.717, 1.165) is 45.2 Å². The van der Waals surface area contributed by atoms with Gasteiger partial charge in [0.2, 0.25) is 10.0 Å². The van der Waals surface area contributed by atoms with Gasteiger partial charge in [0.1, 0.15) is 0 Å². The molecule has 1 saturated heterocycles. The minimum atomic E-state index is -3.00. The Kier molecular flexibility index (Phi) is 2.53. The molecule has 3 rings (SSSR count). The Bertz CT molecular complexity index is 369. The van der Waals surface area contributed by atoms with E-state index in [0.29, 0.717) is 17.1 Å². The van der Waals surface area contributed by atoms with Crippen LogP contribution in [0.15, 0.2) is 0 Å². The fourth-order valence-corrected chi connectivity index (χ4v) is 4.67. The maximum atomic E-state index is 11.8. The van der Waals surface area contributed by atoms with E-state index >= 15 is 0 Å². The Morgan fingerprint density at radius 3 is 2.56 bits per heavy atom. The maximum absolute atomic E-state index is 11.8. The number of hydrogen-bond donors (Lipinski definition) is 2. The van der Waals surface area contributed by atoms with Gasteiger partial charge in [-0.15, -0.1) is 0 Å². The standard InChI is InChI=1S/C11H20N2O2S/c14-16(15,8-9-1-2-9)13-10-7-11(10)3-5-12-6-4-11/h9-10,12-13H,1-8H2. The van der Waals surface area contributed by atoms with Gasteiger partial charge in [0.05, 0.1) is 5.75 Å². The fraction of sp³-hybridized carbons (Fsp3) is 1.00. The highest BCUT2D eigenvalue weighted by molar-refractivity contribution is 7.89. The first kappa shape index (κ1) is 11.0. The van der Waals surface area contributed by atoms with Crippen molar-refractivity contribution in [2.24, 2.45) is 11.3 Å². The first-order valence-corrected chi connectivity index (χ1v) is 7.96. The van der Waals surface area contributed by atoms with Crippen LogP contribution in [0.25, 0.3) is 0 Å². The zero-order valence-corrected chi connectivity index (χ0v) is 10.4. The first-order valence-electron chi connectivity index (χ1n) is 6.30. The van der Waals surface area contributed by atoms with Crippen molar-refractivity contribution in [3.63, 3.8) is 0 Å². The van der Waals surface area contributed by atoms with Gasteiger partial charge in [-0.25, -0.2) is 13.1 Å². The fourth-order valence-electron chi connectivity index (χ4n) is 2.85. The van der Waals surface area contributed by atoms with Crippen LogP contribution in [-0.4, -0.2) is 33.3 Å². The molecule has 0 aromatic rings. The summed E-state index contributed by atoms with van der Waals surface area (Å²) in [7, 11) is -3.00. The SMILES string of the molecule is O=S(=O)(CC1CC1)NC1CC12CCNCC2. The van der Waals surface area contributed by atoms with Crippen LogP contribution in [0.3, 0.4) is 0 Å². The van der Waals surface area contributed by atoms with Crippen molar-refractivity contribution in [1.29, 1.82) is 0 Å². The topological polar surface area (TPSA) is 58.2 Å². The average Bonchev–Trinajstić information content (AvgIpc) is 3.10. The minimum absolute atomic E-state index is 0.235. The molecule has 16 heavy (non-hydrogen) atoms. The first-order chi connectivity index (χ1) is 7.60. The molecular weight excluding hydrogens is 224 g/mol. The Balaban J connectivity index is 1.55. The zero-order chi connectivity index (χ0) is 11.2. The molecule has 1 spiro atoms. The van der Waals surface area contributed by atoms with Gasteiger partial charge in [-0.05, 0) is 56.5 Å². The van der Waals surface area contributed by atoms with E-state index in [-0.39, 0.29) is 6.04 Å². The monoisotopic (exact) mass is 244 g/mol. The number of rotatable bonds is 4. The van der Waals surface area contributed by atoms with E-state index in [1.807, 2.05) is 0 Å². The lowest BCUT2D eigenvalue weighted by Gasteiger charge is -2.23. The second-order valence-corrected chi connectivity index (χ2v) is 7.51. The van der Waals surface area contributed by atoms with Gasteiger partial charge in [0.25, 0.3) is 0 Å². The van der Waals surface area contributed by atoms with Gasteiger partial charge in [0, 0.05) is 6.04 Å². The van der Waals surface area contributed by atoms with E-state index in [9.17, 15) is 8.42 Å². The van der Waals surface area contributed by atoms with Crippen molar-refractivity contribution in [3.8, 4) is 0 Å². The summed E-state index contributed by atoms with van der Waals surface area (Å²) in [5.74, 6) is 0.804. The maximum Gasteiger partial charge on any atom is 0.212 e. The lowest BCUT2D eigenvalue weighted by atomic mass is 9.94. The highest BCUT2D eigenvalue weighted by atomic mass is 32.2. The summed E-state index contributed by atoms with van der Waals surface area (Å²) in [6.07, 6.45) is 5.51. The summed E-state index contributed by atoms with van der Waals surface area (Å²) in [5, 5.41) is 3.33. The van der Waals surface area contributed by atoms with E-state index < -0.39 is 10.0 Å². The van der Waals surface area contributed by atoms with Crippen molar-refractivity contribution in [2.45, 2.75) is 38.1 Å². The van der Waals surface area contributed by atoms with Crippen molar-refractivity contribution < 1.29 is 8.42 Å². The van der Waals surface area contributed by atoms with Crippen LogP contribution < -0.4 is 10.0 Å². The predicted molar refractivity (Wildman–Crippen MR) is 62.6 cm³/mol. The summed E-state index contributed by atoms with van der Waals surface area (Å²) in [5.41, 5.74) is 0.307. The molecule has 0 bridgehead atoms. The molecule has 3 fully saturated rings. The second kappa shape index (κ2) is 3.68. The molecule has 2 saturated carbocycles. The molecule has 5 heteroatoms. The molecule has 3 aliphatic rings. The zero-order valence-electron chi connectivity index (χ0n) is 9.54. The quantitative estimate of drug-likeness (QED) is 0.755. The number of piperidine rings is 1. The van der Waals surface area contributed by atoms with Crippen molar-refractivity contribution in [3.05, 3.63) is 0 Å². The van der Waals surface area contributed by atoms with Gasteiger partial charge < -0.3 is 5.32 Å². The molecule has 0 aromatic carbocycles. The van der Waals surface area contributed by atoms with Crippen LogP contribution in [0.4, 0.5) is 0 Å². The highest BCUT2D eigenvalue weighted by Gasteiger charge is 2.55.